The molecule has 2 aliphatic heterocycles. The molecule has 0 aromatic rings. The first-order valence-corrected chi connectivity index (χ1v) is 7.18. The Morgan fingerprint density at radius 3 is 2.44 bits per heavy atom. The normalized spacial score (nSPS) is 34.9. The zero-order valence-electron chi connectivity index (χ0n) is 10.3. The van der Waals surface area contributed by atoms with Crippen LogP contribution in [0.3, 0.4) is 0 Å². The highest BCUT2D eigenvalue weighted by Gasteiger charge is 2.47. The molecule has 2 heteroatoms. The van der Waals surface area contributed by atoms with Crippen LogP contribution in [0.2, 0.25) is 0 Å². The number of hydrogen-bond acceptors (Lipinski definition) is 2. The van der Waals surface area contributed by atoms with E-state index in [0.29, 0.717) is 5.41 Å². The van der Waals surface area contributed by atoms with Crippen molar-refractivity contribution in [1.82, 2.24) is 5.32 Å². The lowest BCUT2D eigenvalue weighted by Gasteiger charge is -2.48. The van der Waals surface area contributed by atoms with E-state index in [1.165, 1.54) is 58.0 Å². The number of piperidine rings is 1. The van der Waals surface area contributed by atoms with Crippen LogP contribution in [-0.2, 0) is 4.74 Å². The first-order valence-electron chi connectivity index (χ1n) is 7.18. The lowest BCUT2D eigenvalue weighted by atomic mass is 9.66. The molecule has 2 saturated heterocycles. The van der Waals surface area contributed by atoms with Gasteiger partial charge in [0.1, 0.15) is 0 Å². The first-order chi connectivity index (χ1) is 7.89. The number of ether oxygens (including phenoxy) is 1. The molecule has 0 aromatic carbocycles. The average molecular weight is 223 g/mol. The monoisotopic (exact) mass is 223 g/mol. The van der Waals surface area contributed by atoms with Crippen molar-refractivity contribution in [3.63, 3.8) is 0 Å². The number of hydrogen-bond donors (Lipinski definition) is 1. The van der Waals surface area contributed by atoms with E-state index in [1.807, 2.05) is 0 Å². The molecule has 2 nitrogen and oxygen atoms in total. The molecule has 2 heterocycles. The van der Waals surface area contributed by atoms with E-state index in [-0.39, 0.29) is 0 Å². The molecule has 92 valence electrons. The van der Waals surface area contributed by atoms with Crippen LogP contribution in [0.4, 0.5) is 0 Å². The van der Waals surface area contributed by atoms with Crippen LogP contribution >= 0.6 is 0 Å². The minimum Gasteiger partial charge on any atom is -0.380 e. The third kappa shape index (κ3) is 2.02. The molecule has 1 N–H and O–H groups in total. The van der Waals surface area contributed by atoms with Crippen molar-refractivity contribution in [3.8, 4) is 0 Å². The van der Waals surface area contributed by atoms with Gasteiger partial charge in [-0.2, -0.15) is 0 Å². The minimum atomic E-state index is 0.597. The predicted molar refractivity (Wildman–Crippen MR) is 65.4 cm³/mol. The van der Waals surface area contributed by atoms with Crippen molar-refractivity contribution < 1.29 is 4.74 Å². The molecule has 0 spiro atoms. The fraction of sp³-hybridized carbons (Fsp3) is 1.00. The molecule has 0 radical (unpaired) electrons. The van der Waals surface area contributed by atoms with E-state index in [4.69, 9.17) is 4.74 Å². The van der Waals surface area contributed by atoms with Crippen molar-refractivity contribution in [2.24, 2.45) is 17.3 Å². The molecule has 1 atom stereocenters. The molecular formula is C14H25NO. The van der Waals surface area contributed by atoms with Crippen molar-refractivity contribution >= 4 is 0 Å². The third-order valence-electron chi connectivity index (χ3n) is 5.09. The Hall–Kier alpha value is -0.0800. The van der Waals surface area contributed by atoms with Gasteiger partial charge in [0.15, 0.2) is 0 Å². The van der Waals surface area contributed by atoms with Crippen LogP contribution in [0.15, 0.2) is 0 Å². The van der Waals surface area contributed by atoms with E-state index in [9.17, 15) is 0 Å². The van der Waals surface area contributed by atoms with Crippen molar-refractivity contribution in [2.75, 3.05) is 26.3 Å². The van der Waals surface area contributed by atoms with Crippen LogP contribution in [0.5, 0.6) is 0 Å². The summed E-state index contributed by atoms with van der Waals surface area (Å²) in [6.45, 7) is 4.63. The number of nitrogens with one attached hydrogen (secondary N) is 1. The van der Waals surface area contributed by atoms with Gasteiger partial charge in [0, 0.05) is 5.41 Å². The second kappa shape index (κ2) is 4.66. The van der Waals surface area contributed by atoms with Crippen molar-refractivity contribution in [3.05, 3.63) is 0 Å². The summed E-state index contributed by atoms with van der Waals surface area (Å²) in [4.78, 5) is 0. The minimum absolute atomic E-state index is 0.597. The Morgan fingerprint density at radius 2 is 1.88 bits per heavy atom. The Balaban J connectivity index is 1.60. The van der Waals surface area contributed by atoms with Gasteiger partial charge >= 0.3 is 0 Å². The van der Waals surface area contributed by atoms with Gasteiger partial charge in [-0.1, -0.05) is 12.8 Å². The van der Waals surface area contributed by atoms with Gasteiger partial charge in [0.05, 0.1) is 13.2 Å². The zero-order valence-corrected chi connectivity index (χ0v) is 10.3. The molecule has 1 aliphatic carbocycles. The van der Waals surface area contributed by atoms with Gasteiger partial charge in [0.25, 0.3) is 0 Å². The SMILES string of the molecule is C1CNCC(CC2(C3CCCC3)COC2)C1. The summed E-state index contributed by atoms with van der Waals surface area (Å²) in [6.07, 6.45) is 10.1. The van der Waals surface area contributed by atoms with E-state index in [0.717, 1.165) is 25.0 Å². The fourth-order valence-electron chi connectivity index (χ4n) is 4.10. The summed E-state index contributed by atoms with van der Waals surface area (Å²) in [6, 6.07) is 0. The summed E-state index contributed by atoms with van der Waals surface area (Å²) >= 11 is 0. The Morgan fingerprint density at radius 1 is 1.06 bits per heavy atom. The average Bonchev–Trinajstić information content (AvgIpc) is 2.78. The molecular weight excluding hydrogens is 198 g/mol. The van der Waals surface area contributed by atoms with E-state index < -0.39 is 0 Å². The third-order valence-corrected chi connectivity index (χ3v) is 5.09. The summed E-state index contributed by atoms with van der Waals surface area (Å²) in [7, 11) is 0. The fourth-order valence-corrected chi connectivity index (χ4v) is 4.10. The maximum atomic E-state index is 5.57. The lowest BCUT2D eigenvalue weighted by Crippen LogP contribution is -2.50. The maximum absolute atomic E-state index is 5.57. The predicted octanol–water partition coefficient (Wildman–Crippen LogP) is 2.58. The molecule has 0 aromatic heterocycles. The summed E-state index contributed by atoms with van der Waals surface area (Å²) in [5, 5.41) is 3.56. The molecule has 0 bridgehead atoms. The summed E-state index contributed by atoms with van der Waals surface area (Å²) < 4.78 is 5.57. The Kier molecular flexibility index (Phi) is 3.21. The quantitative estimate of drug-likeness (QED) is 0.794. The van der Waals surface area contributed by atoms with Crippen LogP contribution in [-0.4, -0.2) is 26.3 Å². The van der Waals surface area contributed by atoms with Crippen molar-refractivity contribution in [1.29, 1.82) is 0 Å². The molecule has 3 aliphatic rings. The Labute approximate surface area is 99.1 Å². The summed E-state index contributed by atoms with van der Waals surface area (Å²) in [5.74, 6) is 1.92. The van der Waals surface area contributed by atoms with Crippen LogP contribution in [0, 0.1) is 17.3 Å². The molecule has 3 rings (SSSR count). The second-order valence-electron chi connectivity index (χ2n) is 6.25. The highest BCUT2D eigenvalue weighted by Crippen LogP contribution is 2.49. The largest absolute Gasteiger partial charge is 0.380 e. The smallest absolute Gasteiger partial charge is 0.0547 e. The molecule has 1 saturated carbocycles. The molecule has 3 fully saturated rings. The highest BCUT2D eigenvalue weighted by molar-refractivity contribution is 4.95. The molecule has 16 heavy (non-hydrogen) atoms. The molecule has 1 unspecified atom stereocenters. The van der Waals surface area contributed by atoms with E-state index in [2.05, 4.69) is 5.32 Å². The maximum Gasteiger partial charge on any atom is 0.0547 e. The van der Waals surface area contributed by atoms with E-state index in [1.54, 1.807) is 0 Å². The highest BCUT2D eigenvalue weighted by atomic mass is 16.5. The first kappa shape index (κ1) is 11.0. The lowest BCUT2D eigenvalue weighted by molar-refractivity contribution is -0.156. The van der Waals surface area contributed by atoms with Gasteiger partial charge in [0.2, 0.25) is 0 Å². The van der Waals surface area contributed by atoms with Crippen LogP contribution in [0.25, 0.3) is 0 Å². The zero-order chi connectivity index (χ0) is 10.8. The topological polar surface area (TPSA) is 21.3 Å². The van der Waals surface area contributed by atoms with Gasteiger partial charge < -0.3 is 10.1 Å². The second-order valence-corrected chi connectivity index (χ2v) is 6.25. The molecule has 0 amide bonds. The standard InChI is InChI=1S/C14H25NO/c1-2-6-13(5-1)14(10-16-11-14)8-12-4-3-7-15-9-12/h12-13,15H,1-11H2. The van der Waals surface area contributed by atoms with Gasteiger partial charge in [-0.3, -0.25) is 0 Å². The van der Waals surface area contributed by atoms with Crippen LogP contribution < -0.4 is 5.32 Å². The van der Waals surface area contributed by atoms with Crippen LogP contribution in [0.1, 0.15) is 44.9 Å². The van der Waals surface area contributed by atoms with Gasteiger partial charge in [-0.25, -0.2) is 0 Å². The van der Waals surface area contributed by atoms with Gasteiger partial charge in [-0.05, 0) is 57.0 Å². The van der Waals surface area contributed by atoms with E-state index >= 15 is 0 Å². The van der Waals surface area contributed by atoms with Gasteiger partial charge in [-0.15, -0.1) is 0 Å². The van der Waals surface area contributed by atoms with Crippen molar-refractivity contribution in [2.45, 2.75) is 44.9 Å². The summed E-state index contributed by atoms with van der Waals surface area (Å²) in [5.41, 5.74) is 0.597. The number of rotatable bonds is 3. The Bertz CT molecular complexity index is 225.